The highest BCUT2D eigenvalue weighted by molar-refractivity contribution is 5.87. The Morgan fingerprint density at radius 3 is 2.37 bits per heavy atom. The second-order valence-electron chi connectivity index (χ2n) is 9.80. The molecule has 0 aliphatic carbocycles. The van der Waals surface area contributed by atoms with Gasteiger partial charge in [-0.05, 0) is 35.7 Å². The van der Waals surface area contributed by atoms with Gasteiger partial charge in [0.15, 0.2) is 0 Å². The average Bonchev–Trinajstić information content (AvgIpc) is 3.59. The van der Waals surface area contributed by atoms with Crippen LogP contribution in [0, 0.1) is 11.3 Å². The minimum atomic E-state index is 0.544. The van der Waals surface area contributed by atoms with E-state index >= 15 is 0 Å². The Balaban J connectivity index is 1.23. The summed E-state index contributed by atoms with van der Waals surface area (Å²) in [6, 6.07) is 17.3. The van der Waals surface area contributed by atoms with Gasteiger partial charge in [0.25, 0.3) is 0 Å². The average molecular weight is 503 g/mol. The van der Waals surface area contributed by atoms with Crippen LogP contribution in [0.3, 0.4) is 0 Å². The molecule has 8 nitrogen and oxygen atoms in total. The number of nitriles is 1. The van der Waals surface area contributed by atoms with Crippen molar-refractivity contribution < 1.29 is 0 Å². The van der Waals surface area contributed by atoms with E-state index in [-0.39, 0.29) is 0 Å². The van der Waals surface area contributed by atoms with Crippen LogP contribution in [-0.4, -0.2) is 55.5 Å². The lowest BCUT2D eigenvalue weighted by atomic mass is 10.0. The molecule has 0 unspecified atom stereocenters. The van der Waals surface area contributed by atoms with Crippen molar-refractivity contribution in [1.82, 2.24) is 29.3 Å². The number of benzene rings is 1. The first-order chi connectivity index (χ1) is 18.6. The van der Waals surface area contributed by atoms with Crippen molar-refractivity contribution in [2.75, 3.05) is 31.1 Å². The third kappa shape index (κ3) is 4.53. The minimum absolute atomic E-state index is 0.544. The molecule has 1 aliphatic rings. The number of anilines is 1. The molecule has 0 amide bonds. The third-order valence-electron chi connectivity index (χ3n) is 7.42. The van der Waals surface area contributed by atoms with Crippen LogP contribution in [0.4, 0.5) is 5.82 Å². The second-order valence-corrected chi connectivity index (χ2v) is 9.80. The number of aromatic nitrogens is 5. The van der Waals surface area contributed by atoms with Gasteiger partial charge in [0.1, 0.15) is 11.9 Å². The molecule has 1 aromatic carbocycles. The van der Waals surface area contributed by atoms with E-state index < -0.39 is 0 Å². The van der Waals surface area contributed by atoms with E-state index in [4.69, 9.17) is 4.98 Å². The van der Waals surface area contributed by atoms with Gasteiger partial charge in [0, 0.05) is 80.6 Å². The fraction of sp³-hybridized carbons (Fsp3) is 0.267. The summed E-state index contributed by atoms with van der Waals surface area (Å²) in [4.78, 5) is 9.73. The quantitative estimate of drug-likeness (QED) is 0.339. The molecule has 38 heavy (non-hydrogen) atoms. The predicted octanol–water partition coefficient (Wildman–Crippen LogP) is 4.55. The number of aryl methyl sites for hydroxylation is 2. The van der Waals surface area contributed by atoms with Crippen molar-refractivity contribution in [3.63, 3.8) is 0 Å². The molecule has 1 saturated heterocycles. The first-order valence-corrected chi connectivity index (χ1v) is 13.0. The zero-order chi connectivity index (χ0) is 26.1. The Morgan fingerprint density at radius 2 is 1.68 bits per heavy atom. The Labute approximate surface area is 222 Å². The number of hydrogen-bond donors (Lipinski definition) is 0. The van der Waals surface area contributed by atoms with Gasteiger partial charge in [0.2, 0.25) is 0 Å². The highest BCUT2D eigenvalue weighted by Gasteiger charge is 2.20. The van der Waals surface area contributed by atoms with E-state index in [1.54, 1.807) is 15.4 Å². The van der Waals surface area contributed by atoms with Crippen LogP contribution in [0.2, 0.25) is 0 Å². The molecular weight excluding hydrogens is 472 g/mol. The van der Waals surface area contributed by atoms with E-state index in [1.807, 2.05) is 31.8 Å². The lowest BCUT2D eigenvalue weighted by molar-refractivity contribution is 0.248. The van der Waals surface area contributed by atoms with Crippen LogP contribution < -0.4 is 4.90 Å². The second kappa shape index (κ2) is 10.1. The number of hydrogen-bond acceptors (Lipinski definition) is 6. The summed E-state index contributed by atoms with van der Waals surface area (Å²) < 4.78 is 3.56. The van der Waals surface area contributed by atoms with Crippen molar-refractivity contribution >= 4 is 11.3 Å². The smallest absolute Gasteiger partial charge is 0.128 e. The molecule has 0 radical (unpaired) electrons. The zero-order valence-corrected chi connectivity index (χ0v) is 21.7. The van der Waals surface area contributed by atoms with Crippen molar-refractivity contribution in [1.29, 1.82) is 5.26 Å². The molecule has 0 bridgehead atoms. The molecular formula is C30H30N8. The van der Waals surface area contributed by atoms with E-state index in [9.17, 15) is 5.26 Å². The van der Waals surface area contributed by atoms with E-state index in [0.29, 0.717) is 5.56 Å². The number of piperazine rings is 1. The molecule has 0 spiro atoms. The van der Waals surface area contributed by atoms with Gasteiger partial charge in [0.05, 0.1) is 23.5 Å². The van der Waals surface area contributed by atoms with Crippen LogP contribution in [0.25, 0.3) is 27.8 Å². The van der Waals surface area contributed by atoms with Crippen LogP contribution in [0.15, 0.2) is 73.4 Å². The Kier molecular flexibility index (Phi) is 6.36. The molecule has 8 heteroatoms. The van der Waals surface area contributed by atoms with Gasteiger partial charge < -0.3 is 4.90 Å². The van der Waals surface area contributed by atoms with Crippen molar-refractivity contribution in [2.45, 2.75) is 19.9 Å². The fourth-order valence-corrected chi connectivity index (χ4v) is 5.32. The molecule has 1 fully saturated rings. The first-order valence-electron chi connectivity index (χ1n) is 13.0. The normalized spacial score (nSPS) is 14.2. The summed E-state index contributed by atoms with van der Waals surface area (Å²) in [5.74, 6) is 0.982. The monoisotopic (exact) mass is 502 g/mol. The van der Waals surface area contributed by atoms with E-state index in [2.05, 4.69) is 75.5 Å². The van der Waals surface area contributed by atoms with Gasteiger partial charge >= 0.3 is 0 Å². The number of nitrogens with zero attached hydrogens (tertiary/aromatic N) is 8. The minimum Gasteiger partial charge on any atom is -0.354 e. The molecule has 0 atom stereocenters. The standard InChI is InChI=1S/C30H30N8/c1-3-22-6-4-5-7-24(22)20-36-10-12-37(13-11-36)29-9-8-23(16-32-29)28-14-25(27-18-33-35(2)19-27)21-38-30(28)26(15-31)17-34-38/h4-9,14,16-19,21H,3,10-13,20H2,1-2H3. The summed E-state index contributed by atoms with van der Waals surface area (Å²) >= 11 is 0. The van der Waals surface area contributed by atoms with Gasteiger partial charge in [-0.3, -0.25) is 9.58 Å². The fourth-order valence-electron chi connectivity index (χ4n) is 5.32. The first kappa shape index (κ1) is 23.9. The summed E-state index contributed by atoms with van der Waals surface area (Å²) in [6.45, 7) is 7.14. The maximum atomic E-state index is 9.70. The van der Waals surface area contributed by atoms with Crippen molar-refractivity contribution in [3.05, 3.63) is 90.1 Å². The molecule has 5 aromatic rings. The Bertz CT molecular complexity index is 1610. The molecule has 1 aliphatic heterocycles. The number of rotatable bonds is 6. The molecule has 5 heterocycles. The lowest BCUT2D eigenvalue weighted by Gasteiger charge is -2.35. The highest BCUT2D eigenvalue weighted by Crippen LogP contribution is 2.32. The predicted molar refractivity (Wildman–Crippen MR) is 149 cm³/mol. The maximum Gasteiger partial charge on any atom is 0.128 e. The van der Waals surface area contributed by atoms with E-state index in [1.165, 1.54) is 11.1 Å². The SMILES string of the molecule is CCc1ccccc1CN1CCN(c2ccc(-c3cc(-c4cnn(C)c4)cn4ncc(C#N)c34)cn2)CC1. The molecule has 190 valence electrons. The van der Waals surface area contributed by atoms with Gasteiger partial charge in [-0.1, -0.05) is 31.2 Å². The molecule has 0 saturated carbocycles. The Hall–Kier alpha value is -4.48. The topological polar surface area (TPSA) is 78.3 Å². The van der Waals surface area contributed by atoms with Crippen molar-refractivity contribution in [2.24, 2.45) is 7.05 Å². The summed E-state index contributed by atoms with van der Waals surface area (Å²) in [7, 11) is 1.90. The Morgan fingerprint density at radius 1 is 0.868 bits per heavy atom. The maximum absolute atomic E-state index is 9.70. The molecule has 0 N–H and O–H groups in total. The molecule has 6 rings (SSSR count). The van der Waals surface area contributed by atoms with Gasteiger partial charge in [-0.2, -0.15) is 15.5 Å². The number of pyridine rings is 2. The summed E-state index contributed by atoms with van der Waals surface area (Å²) in [5, 5.41) is 18.5. The summed E-state index contributed by atoms with van der Waals surface area (Å²) in [5.41, 5.74) is 8.06. The van der Waals surface area contributed by atoms with Crippen LogP contribution in [-0.2, 0) is 20.0 Å². The highest BCUT2D eigenvalue weighted by atomic mass is 15.3. The van der Waals surface area contributed by atoms with Crippen LogP contribution in [0.1, 0.15) is 23.6 Å². The lowest BCUT2D eigenvalue weighted by Crippen LogP contribution is -2.46. The molecule has 4 aromatic heterocycles. The number of fused-ring (bicyclic) bond motifs is 1. The van der Waals surface area contributed by atoms with Gasteiger partial charge in [-0.15, -0.1) is 0 Å². The third-order valence-corrected chi connectivity index (χ3v) is 7.42. The zero-order valence-electron chi connectivity index (χ0n) is 21.7. The van der Waals surface area contributed by atoms with Crippen molar-refractivity contribution in [3.8, 4) is 28.3 Å². The van der Waals surface area contributed by atoms with Crippen LogP contribution in [0.5, 0.6) is 0 Å². The van der Waals surface area contributed by atoms with Crippen LogP contribution >= 0.6 is 0 Å². The largest absolute Gasteiger partial charge is 0.354 e. The van der Waals surface area contributed by atoms with E-state index in [0.717, 1.165) is 72.7 Å². The summed E-state index contributed by atoms with van der Waals surface area (Å²) in [6.07, 6.45) is 10.3. The van der Waals surface area contributed by atoms with Gasteiger partial charge in [-0.25, -0.2) is 9.50 Å².